The van der Waals surface area contributed by atoms with E-state index in [4.69, 9.17) is 0 Å². The molecule has 0 spiro atoms. The molecule has 0 heterocycles. The van der Waals surface area contributed by atoms with Gasteiger partial charge < -0.3 is 15.5 Å². The van der Waals surface area contributed by atoms with Crippen molar-refractivity contribution in [2.45, 2.75) is 6.18 Å². The van der Waals surface area contributed by atoms with E-state index in [-0.39, 0.29) is 18.1 Å². The summed E-state index contributed by atoms with van der Waals surface area (Å²) >= 11 is 0. The number of benzene rings is 2. The molecule has 0 unspecified atom stereocenters. The third-order valence-electron chi connectivity index (χ3n) is 3.56. The SMILES string of the molecule is CN(C)C(=O)c1ccc(C#CCNC(=O)Nc2cccc(C(F)(F)F)c2)cc1. The van der Waals surface area contributed by atoms with Gasteiger partial charge in [-0.15, -0.1) is 0 Å². The summed E-state index contributed by atoms with van der Waals surface area (Å²) in [5.74, 6) is 5.43. The van der Waals surface area contributed by atoms with E-state index in [1.165, 1.54) is 17.0 Å². The first-order valence-corrected chi connectivity index (χ1v) is 8.19. The Labute approximate surface area is 160 Å². The first-order chi connectivity index (χ1) is 13.2. The van der Waals surface area contributed by atoms with E-state index in [1.54, 1.807) is 38.4 Å². The number of nitrogens with zero attached hydrogens (tertiary/aromatic N) is 1. The van der Waals surface area contributed by atoms with Crippen LogP contribution in [0.25, 0.3) is 0 Å². The smallest absolute Gasteiger partial charge is 0.345 e. The number of hydrogen-bond acceptors (Lipinski definition) is 2. The van der Waals surface area contributed by atoms with Gasteiger partial charge in [0, 0.05) is 30.9 Å². The van der Waals surface area contributed by atoms with E-state index in [1.807, 2.05) is 0 Å². The maximum absolute atomic E-state index is 12.7. The summed E-state index contributed by atoms with van der Waals surface area (Å²) in [5, 5.41) is 4.76. The lowest BCUT2D eigenvalue weighted by molar-refractivity contribution is -0.137. The number of carbonyl (C=O) groups excluding carboxylic acids is 2. The van der Waals surface area contributed by atoms with Gasteiger partial charge >= 0.3 is 12.2 Å². The third kappa shape index (κ3) is 6.06. The molecule has 28 heavy (non-hydrogen) atoms. The van der Waals surface area contributed by atoms with Crippen molar-refractivity contribution in [2.24, 2.45) is 0 Å². The molecule has 0 radical (unpaired) electrons. The zero-order valence-corrected chi connectivity index (χ0v) is 15.2. The number of rotatable bonds is 3. The second-order valence-corrected chi connectivity index (χ2v) is 5.96. The van der Waals surface area contributed by atoms with Crippen molar-refractivity contribution < 1.29 is 22.8 Å². The predicted molar refractivity (Wildman–Crippen MR) is 99.8 cm³/mol. The molecule has 3 amide bonds. The van der Waals surface area contributed by atoms with E-state index >= 15 is 0 Å². The molecule has 2 aromatic carbocycles. The van der Waals surface area contributed by atoms with Crippen molar-refractivity contribution in [2.75, 3.05) is 26.0 Å². The fourth-order valence-electron chi connectivity index (χ4n) is 2.17. The Morgan fingerprint density at radius 2 is 1.75 bits per heavy atom. The van der Waals surface area contributed by atoms with Crippen LogP contribution < -0.4 is 10.6 Å². The van der Waals surface area contributed by atoms with Crippen LogP contribution >= 0.6 is 0 Å². The molecule has 0 aliphatic carbocycles. The van der Waals surface area contributed by atoms with Gasteiger partial charge in [0.15, 0.2) is 0 Å². The summed E-state index contributed by atoms with van der Waals surface area (Å²) in [6, 6.07) is 10.4. The van der Waals surface area contributed by atoms with Crippen LogP contribution in [0.15, 0.2) is 48.5 Å². The summed E-state index contributed by atoms with van der Waals surface area (Å²) in [5.41, 5.74) is 0.382. The summed E-state index contributed by atoms with van der Waals surface area (Å²) in [4.78, 5) is 25.0. The highest BCUT2D eigenvalue weighted by molar-refractivity contribution is 5.94. The minimum atomic E-state index is -4.48. The minimum Gasteiger partial charge on any atom is -0.345 e. The normalized spacial score (nSPS) is 10.5. The van der Waals surface area contributed by atoms with Crippen molar-refractivity contribution in [3.63, 3.8) is 0 Å². The van der Waals surface area contributed by atoms with Crippen LogP contribution in [-0.4, -0.2) is 37.5 Å². The average Bonchev–Trinajstić information content (AvgIpc) is 2.64. The lowest BCUT2D eigenvalue weighted by atomic mass is 10.1. The van der Waals surface area contributed by atoms with Crippen LogP contribution in [0.5, 0.6) is 0 Å². The van der Waals surface area contributed by atoms with Gasteiger partial charge in [0.25, 0.3) is 5.91 Å². The largest absolute Gasteiger partial charge is 0.416 e. The number of nitrogens with one attached hydrogen (secondary N) is 2. The lowest BCUT2D eigenvalue weighted by Crippen LogP contribution is -2.29. The molecule has 0 bridgehead atoms. The molecule has 0 atom stereocenters. The fourth-order valence-corrected chi connectivity index (χ4v) is 2.17. The Hall–Kier alpha value is -3.47. The molecule has 0 saturated carbocycles. The number of carbonyl (C=O) groups is 2. The van der Waals surface area contributed by atoms with Gasteiger partial charge in [-0.1, -0.05) is 17.9 Å². The van der Waals surface area contributed by atoms with Crippen LogP contribution in [0, 0.1) is 11.8 Å². The topological polar surface area (TPSA) is 61.4 Å². The monoisotopic (exact) mass is 389 g/mol. The maximum Gasteiger partial charge on any atom is 0.416 e. The van der Waals surface area contributed by atoms with Crippen LogP contribution in [0.3, 0.4) is 0 Å². The Morgan fingerprint density at radius 1 is 1.07 bits per heavy atom. The van der Waals surface area contributed by atoms with Crippen molar-refractivity contribution >= 4 is 17.6 Å². The maximum atomic E-state index is 12.7. The number of halogens is 3. The second kappa shape index (κ2) is 8.95. The molecule has 0 saturated heterocycles. The highest BCUT2D eigenvalue weighted by Gasteiger charge is 2.30. The van der Waals surface area contributed by atoms with Gasteiger partial charge in [-0.05, 0) is 42.5 Å². The van der Waals surface area contributed by atoms with E-state index in [0.717, 1.165) is 12.1 Å². The van der Waals surface area contributed by atoms with Crippen LogP contribution in [0.1, 0.15) is 21.5 Å². The van der Waals surface area contributed by atoms with Gasteiger partial charge in [0.05, 0.1) is 12.1 Å². The number of alkyl halides is 3. The number of anilines is 1. The van der Waals surface area contributed by atoms with Gasteiger partial charge in [-0.25, -0.2) is 4.79 Å². The summed E-state index contributed by atoms with van der Waals surface area (Å²) in [6.45, 7) is 0.00315. The van der Waals surface area contributed by atoms with Crippen molar-refractivity contribution in [3.05, 3.63) is 65.2 Å². The van der Waals surface area contributed by atoms with E-state index in [9.17, 15) is 22.8 Å². The molecule has 146 valence electrons. The summed E-state index contributed by atoms with van der Waals surface area (Å²) < 4.78 is 38.0. The Morgan fingerprint density at radius 3 is 2.36 bits per heavy atom. The number of urea groups is 1. The van der Waals surface area contributed by atoms with Crippen molar-refractivity contribution in [3.8, 4) is 11.8 Å². The van der Waals surface area contributed by atoms with Crippen LogP contribution in [0.2, 0.25) is 0 Å². The summed E-state index contributed by atoms with van der Waals surface area (Å²) in [7, 11) is 3.32. The number of amides is 3. The average molecular weight is 389 g/mol. The Bertz CT molecular complexity index is 911. The first kappa shape index (κ1) is 20.8. The van der Waals surface area contributed by atoms with Gasteiger partial charge in [0.1, 0.15) is 0 Å². The summed E-state index contributed by atoms with van der Waals surface area (Å²) in [6.07, 6.45) is -4.48. The van der Waals surface area contributed by atoms with E-state index in [2.05, 4.69) is 22.5 Å². The van der Waals surface area contributed by atoms with Crippen LogP contribution in [-0.2, 0) is 6.18 Å². The van der Waals surface area contributed by atoms with E-state index in [0.29, 0.717) is 11.1 Å². The lowest BCUT2D eigenvalue weighted by Gasteiger charge is -2.10. The molecule has 2 N–H and O–H groups in total. The first-order valence-electron chi connectivity index (χ1n) is 8.19. The zero-order chi connectivity index (χ0) is 20.7. The predicted octanol–water partition coefficient (Wildman–Crippen LogP) is 3.58. The van der Waals surface area contributed by atoms with Gasteiger partial charge in [0.2, 0.25) is 0 Å². The molecular weight excluding hydrogens is 371 g/mol. The quantitative estimate of drug-likeness (QED) is 0.789. The Kier molecular flexibility index (Phi) is 6.66. The van der Waals surface area contributed by atoms with Crippen molar-refractivity contribution in [1.29, 1.82) is 0 Å². The van der Waals surface area contributed by atoms with Crippen LogP contribution in [0.4, 0.5) is 23.7 Å². The molecule has 2 rings (SSSR count). The van der Waals surface area contributed by atoms with E-state index < -0.39 is 17.8 Å². The molecular formula is C20H18F3N3O2. The fraction of sp³-hybridized carbons (Fsp3) is 0.200. The second-order valence-electron chi connectivity index (χ2n) is 5.96. The minimum absolute atomic E-state index is 0.00315. The highest BCUT2D eigenvalue weighted by atomic mass is 19.4. The molecule has 8 heteroatoms. The van der Waals surface area contributed by atoms with Gasteiger partial charge in [-0.2, -0.15) is 13.2 Å². The molecule has 0 aromatic heterocycles. The van der Waals surface area contributed by atoms with Crippen molar-refractivity contribution in [1.82, 2.24) is 10.2 Å². The molecule has 5 nitrogen and oxygen atoms in total. The molecule has 0 fully saturated rings. The molecule has 2 aromatic rings. The highest BCUT2D eigenvalue weighted by Crippen LogP contribution is 2.30. The molecule has 0 aliphatic rings. The zero-order valence-electron chi connectivity index (χ0n) is 15.2. The third-order valence-corrected chi connectivity index (χ3v) is 3.56. The number of hydrogen-bond donors (Lipinski definition) is 2. The molecule has 0 aliphatic heterocycles. The van der Waals surface area contributed by atoms with Gasteiger partial charge in [-0.3, -0.25) is 4.79 Å². The Balaban J connectivity index is 1.87. The standard InChI is InChI=1S/C20H18F3N3O2/c1-26(2)18(27)15-10-8-14(9-11-15)5-4-12-24-19(28)25-17-7-3-6-16(13-17)20(21,22)23/h3,6-11,13H,12H2,1-2H3,(H2,24,25,28).